The molecular weight excluding hydrogens is 455 g/mol. The van der Waals surface area contributed by atoms with Gasteiger partial charge in [0.25, 0.3) is 5.91 Å². The van der Waals surface area contributed by atoms with Crippen LogP contribution in [-0.4, -0.2) is 81.2 Å². The Hall–Kier alpha value is -3.54. The Balaban J connectivity index is 1.46. The van der Waals surface area contributed by atoms with Crippen LogP contribution in [0.3, 0.4) is 0 Å². The van der Waals surface area contributed by atoms with Crippen LogP contribution in [0.5, 0.6) is 5.75 Å². The summed E-state index contributed by atoms with van der Waals surface area (Å²) in [4.78, 5) is 31.6. The van der Waals surface area contributed by atoms with E-state index in [4.69, 9.17) is 4.74 Å². The van der Waals surface area contributed by atoms with Crippen LogP contribution in [0.2, 0.25) is 0 Å². The van der Waals surface area contributed by atoms with E-state index in [9.17, 15) is 22.8 Å². The third-order valence-electron chi connectivity index (χ3n) is 5.12. The number of nitrogens with zero attached hydrogens (tertiary/aromatic N) is 3. The molecule has 0 unspecified atom stereocenters. The fourth-order valence-electron chi connectivity index (χ4n) is 3.36. The maximum absolute atomic E-state index is 12.3. The van der Waals surface area contributed by atoms with Gasteiger partial charge in [-0.15, -0.1) is 13.2 Å². The third kappa shape index (κ3) is 7.80. The molecule has 1 aliphatic heterocycles. The average Bonchev–Trinajstić information content (AvgIpc) is 2.82. The maximum Gasteiger partial charge on any atom is 0.573 e. The maximum atomic E-state index is 12.3. The van der Waals surface area contributed by atoms with Crippen LogP contribution < -0.4 is 20.3 Å². The summed E-state index contributed by atoms with van der Waals surface area (Å²) in [6, 6.07) is 11.2. The van der Waals surface area contributed by atoms with Crippen molar-refractivity contribution >= 4 is 17.8 Å². The van der Waals surface area contributed by atoms with Crippen molar-refractivity contribution in [3.63, 3.8) is 0 Å². The first-order chi connectivity index (χ1) is 16.2. The van der Waals surface area contributed by atoms with E-state index in [1.165, 1.54) is 31.3 Å². The molecule has 34 heavy (non-hydrogen) atoms. The highest BCUT2D eigenvalue weighted by molar-refractivity contribution is 5.79. The van der Waals surface area contributed by atoms with Gasteiger partial charge in [-0.05, 0) is 36.4 Å². The first-order valence-electron chi connectivity index (χ1n) is 10.7. The van der Waals surface area contributed by atoms with Gasteiger partial charge in [0.15, 0.2) is 6.61 Å². The van der Waals surface area contributed by atoms with Crippen molar-refractivity contribution in [1.29, 1.82) is 0 Å². The van der Waals surface area contributed by atoms with E-state index in [1.54, 1.807) is 6.07 Å². The molecule has 9 nitrogen and oxygen atoms in total. The van der Waals surface area contributed by atoms with Crippen molar-refractivity contribution < 1.29 is 32.2 Å². The number of aromatic nitrogens is 1. The zero-order valence-electron chi connectivity index (χ0n) is 18.6. The second kappa shape index (κ2) is 11.5. The number of hydrogen-bond donors (Lipinski definition) is 2. The zero-order valence-corrected chi connectivity index (χ0v) is 18.6. The summed E-state index contributed by atoms with van der Waals surface area (Å²) in [6.07, 6.45) is -5.37. The summed E-state index contributed by atoms with van der Waals surface area (Å²) >= 11 is 0. The van der Waals surface area contributed by atoms with Crippen molar-refractivity contribution in [2.24, 2.45) is 0 Å². The molecule has 0 saturated carbocycles. The molecule has 0 atom stereocenters. The largest absolute Gasteiger partial charge is 0.573 e. The number of anilines is 1. The smallest absolute Gasteiger partial charge is 0.439 e. The van der Waals surface area contributed by atoms with Gasteiger partial charge in [-0.1, -0.05) is 6.07 Å². The summed E-state index contributed by atoms with van der Waals surface area (Å²) in [6.45, 7) is 3.72. The number of likely N-dealkylation sites (N-methyl/N-ethyl adjacent to an activating group) is 1. The normalized spacial score (nSPS) is 14.4. The Labute approximate surface area is 194 Å². The summed E-state index contributed by atoms with van der Waals surface area (Å²) in [5.74, 6) is 0.123. The number of pyridine rings is 1. The number of amides is 2. The van der Waals surface area contributed by atoms with Crippen molar-refractivity contribution in [3.05, 3.63) is 42.5 Å². The number of alkyl halides is 3. The quantitative estimate of drug-likeness (QED) is 0.597. The lowest BCUT2D eigenvalue weighted by atomic mass is 10.1. The molecule has 0 bridgehead atoms. The fourth-order valence-corrected chi connectivity index (χ4v) is 3.36. The number of rotatable bonds is 8. The van der Waals surface area contributed by atoms with Gasteiger partial charge in [0.2, 0.25) is 0 Å². The van der Waals surface area contributed by atoms with Crippen LogP contribution in [-0.2, 0) is 9.53 Å². The predicted molar refractivity (Wildman–Crippen MR) is 118 cm³/mol. The van der Waals surface area contributed by atoms with Gasteiger partial charge in [0, 0.05) is 51.9 Å². The lowest BCUT2D eigenvalue weighted by Crippen LogP contribution is -2.48. The van der Waals surface area contributed by atoms with Crippen LogP contribution >= 0.6 is 0 Å². The number of hydrogen-bond acceptors (Lipinski definition) is 7. The molecule has 12 heteroatoms. The fraction of sp³-hybridized carbons (Fsp3) is 0.409. The Morgan fingerprint density at radius 3 is 2.41 bits per heavy atom. The lowest BCUT2D eigenvalue weighted by molar-refractivity contribution is -0.274. The molecule has 0 aliphatic carbocycles. The van der Waals surface area contributed by atoms with Gasteiger partial charge in [-0.2, -0.15) is 0 Å². The Morgan fingerprint density at radius 2 is 1.76 bits per heavy atom. The second-order valence-corrected chi connectivity index (χ2v) is 7.46. The van der Waals surface area contributed by atoms with E-state index < -0.39 is 12.5 Å². The molecule has 0 radical (unpaired) electrons. The standard InChI is InChI=1S/C22H26F3N5O4/c1-26-20(31)15-33-21(32)27-9-10-29-11-13-30(14-12-29)19-4-2-3-18(28-19)16-5-7-17(8-6-16)34-22(23,24)25/h2-8H,9-15H2,1H3,(H,26,31)(H,27,32). The van der Waals surface area contributed by atoms with Gasteiger partial charge >= 0.3 is 12.5 Å². The van der Waals surface area contributed by atoms with Gasteiger partial charge in [0.05, 0.1) is 5.69 Å². The highest BCUT2D eigenvalue weighted by atomic mass is 19.4. The Bertz CT molecular complexity index is 964. The molecule has 1 fully saturated rings. The first kappa shape index (κ1) is 25.1. The van der Waals surface area contributed by atoms with Crippen LogP contribution in [0.25, 0.3) is 11.3 Å². The minimum Gasteiger partial charge on any atom is -0.439 e. The lowest BCUT2D eigenvalue weighted by Gasteiger charge is -2.35. The molecule has 1 aliphatic rings. The van der Waals surface area contributed by atoms with Gasteiger partial charge < -0.3 is 25.0 Å². The average molecular weight is 481 g/mol. The van der Waals surface area contributed by atoms with Crippen molar-refractivity contribution in [2.45, 2.75) is 6.36 Å². The SMILES string of the molecule is CNC(=O)COC(=O)NCCN1CCN(c2cccc(-c3ccc(OC(F)(F)F)cc3)n2)CC1. The molecule has 2 N–H and O–H groups in total. The summed E-state index contributed by atoms with van der Waals surface area (Å²) in [7, 11) is 1.46. The van der Waals surface area contributed by atoms with E-state index in [2.05, 4.69) is 30.2 Å². The van der Waals surface area contributed by atoms with Crippen molar-refractivity contribution in [3.8, 4) is 17.0 Å². The van der Waals surface area contributed by atoms with E-state index in [0.29, 0.717) is 24.3 Å². The first-order valence-corrected chi connectivity index (χ1v) is 10.7. The highest BCUT2D eigenvalue weighted by Gasteiger charge is 2.31. The number of halogens is 3. The summed E-state index contributed by atoms with van der Waals surface area (Å²) in [5.41, 5.74) is 1.34. The highest BCUT2D eigenvalue weighted by Crippen LogP contribution is 2.27. The molecule has 1 saturated heterocycles. The molecule has 1 aromatic carbocycles. The number of ether oxygens (including phenoxy) is 2. The second-order valence-electron chi connectivity index (χ2n) is 7.46. The zero-order chi connectivity index (χ0) is 24.6. The number of benzene rings is 1. The van der Waals surface area contributed by atoms with Crippen molar-refractivity contribution in [1.82, 2.24) is 20.5 Å². The van der Waals surface area contributed by atoms with Crippen LogP contribution in [0.1, 0.15) is 0 Å². The number of piperazine rings is 1. The minimum atomic E-state index is -4.73. The van der Waals surface area contributed by atoms with E-state index in [1.807, 2.05) is 12.1 Å². The molecule has 2 heterocycles. The van der Waals surface area contributed by atoms with Gasteiger partial charge in [-0.3, -0.25) is 9.69 Å². The van der Waals surface area contributed by atoms with Gasteiger partial charge in [-0.25, -0.2) is 9.78 Å². The number of alkyl carbamates (subject to hydrolysis) is 1. The topological polar surface area (TPSA) is 96.0 Å². The molecular formula is C22H26F3N5O4. The van der Waals surface area contributed by atoms with Crippen LogP contribution in [0, 0.1) is 0 Å². The van der Waals surface area contributed by atoms with E-state index in [-0.39, 0.29) is 18.3 Å². The number of carbonyl (C=O) groups is 2. The third-order valence-corrected chi connectivity index (χ3v) is 5.12. The molecule has 0 spiro atoms. The van der Waals surface area contributed by atoms with Gasteiger partial charge in [0.1, 0.15) is 11.6 Å². The number of nitrogens with one attached hydrogen (secondary N) is 2. The molecule has 184 valence electrons. The van der Waals surface area contributed by atoms with E-state index in [0.717, 1.165) is 32.0 Å². The minimum absolute atomic E-state index is 0.280. The summed E-state index contributed by atoms with van der Waals surface area (Å²) in [5, 5.41) is 4.98. The van der Waals surface area contributed by atoms with Crippen molar-refractivity contribution in [2.75, 3.05) is 57.8 Å². The molecule has 2 aromatic rings. The molecule has 1 aromatic heterocycles. The predicted octanol–water partition coefficient (Wildman–Crippen LogP) is 2.24. The van der Waals surface area contributed by atoms with Crippen LogP contribution in [0.4, 0.5) is 23.8 Å². The number of carbonyl (C=O) groups excluding carboxylic acids is 2. The summed E-state index contributed by atoms with van der Waals surface area (Å²) < 4.78 is 45.7. The Kier molecular flexibility index (Phi) is 8.52. The Morgan fingerprint density at radius 1 is 1.06 bits per heavy atom. The van der Waals surface area contributed by atoms with Crippen LogP contribution in [0.15, 0.2) is 42.5 Å². The molecule has 3 rings (SSSR count). The van der Waals surface area contributed by atoms with E-state index >= 15 is 0 Å². The molecule has 2 amide bonds. The monoisotopic (exact) mass is 481 g/mol.